The number of carbonyl (C=O) groups excluding carboxylic acids is 1. The first-order valence-electron chi connectivity index (χ1n) is 8.68. The maximum absolute atomic E-state index is 11.7. The third-order valence-electron chi connectivity index (χ3n) is 3.40. The van der Waals surface area contributed by atoms with Gasteiger partial charge in [0.15, 0.2) is 0 Å². The zero-order valence-electron chi connectivity index (χ0n) is 16.3. The van der Waals surface area contributed by atoms with Crippen molar-refractivity contribution in [2.24, 2.45) is 0 Å². The molecule has 0 saturated heterocycles. The van der Waals surface area contributed by atoms with Gasteiger partial charge < -0.3 is 5.32 Å². The summed E-state index contributed by atoms with van der Waals surface area (Å²) in [7, 11) is -4.02. The molecule has 0 aliphatic rings. The Labute approximate surface area is 177 Å². The highest BCUT2D eigenvalue weighted by molar-refractivity contribution is 8.14. The number of rotatable bonds is 7. The Morgan fingerprint density at radius 2 is 1.68 bits per heavy atom. The molecule has 0 heterocycles. The van der Waals surface area contributed by atoms with E-state index in [1.165, 1.54) is 23.9 Å². The monoisotopic (exact) mass is 441 g/mol. The number of aryl methyl sites for hydroxylation is 1. The van der Waals surface area contributed by atoms with Crippen LogP contribution in [-0.4, -0.2) is 41.7 Å². The Kier molecular flexibility index (Phi) is 10.3. The topological polar surface area (TPSA) is 83.5 Å². The average molecular weight is 442 g/mol. The molecule has 2 aromatic rings. The van der Waals surface area contributed by atoms with Crippen molar-refractivity contribution in [2.45, 2.75) is 30.4 Å². The van der Waals surface area contributed by atoms with E-state index in [1.54, 1.807) is 12.1 Å². The molecule has 0 aliphatic carbocycles. The van der Waals surface area contributed by atoms with Gasteiger partial charge in [0.1, 0.15) is 0 Å². The third kappa shape index (κ3) is 10.9. The summed E-state index contributed by atoms with van der Waals surface area (Å²) in [5, 5.41) is 3.42. The SMILES string of the molecule is CC(C)(S)CNCCSC(=O)c1ccccc1.Cc1ccc(S(=O)(=O)O)cc1. The van der Waals surface area contributed by atoms with Crippen molar-refractivity contribution < 1.29 is 17.8 Å². The predicted octanol–water partition coefficient (Wildman–Crippen LogP) is 4.10. The summed E-state index contributed by atoms with van der Waals surface area (Å²) in [5.74, 6) is 0.789. The highest BCUT2D eigenvalue weighted by atomic mass is 32.2. The molecule has 0 unspecified atom stereocenters. The molecular formula is C20H27NO4S3. The minimum Gasteiger partial charge on any atom is -0.315 e. The number of benzene rings is 2. The Morgan fingerprint density at radius 1 is 1.11 bits per heavy atom. The van der Waals surface area contributed by atoms with E-state index >= 15 is 0 Å². The van der Waals surface area contributed by atoms with Gasteiger partial charge in [0, 0.05) is 29.2 Å². The summed E-state index contributed by atoms with van der Waals surface area (Å²) in [6, 6.07) is 15.4. The molecule has 2 N–H and O–H groups in total. The van der Waals surface area contributed by atoms with Crippen molar-refractivity contribution in [1.82, 2.24) is 5.32 Å². The summed E-state index contributed by atoms with van der Waals surface area (Å²) in [4.78, 5) is 11.7. The molecule has 28 heavy (non-hydrogen) atoms. The van der Waals surface area contributed by atoms with Crippen molar-refractivity contribution in [2.75, 3.05) is 18.8 Å². The molecular weight excluding hydrogens is 414 g/mol. The number of carbonyl (C=O) groups is 1. The van der Waals surface area contributed by atoms with Crippen molar-refractivity contribution in [3.8, 4) is 0 Å². The zero-order chi connectivity index (χ0) is 21.2. The Hall–Kier alpha value is -1.32. The van der Waals surface area contributed by atoms with Crippen LogP contribution in [0.4, 0.5) is 0 Å². The molecule has 0 aliphatic heterocycles. The lowest BCUT2D eigenvalue weighted by Gasteiger charge is -2.17. The summed E-state index contributed by atoms with van der Waals surface area (Å²) >= 11 is 5.77. The lowest BCUT2D eigenvalue weighted by atomic mass is 10.2. The van der Waals surface area contributed by atoms with Crippen LogP contribution in [0.5, 0.6) is 0 Å². The van der Waals surface area contributed by atoms with Gasteiger partial charge >= 0.3 is 0 Å². The highest BCUT2D eigenvalue weighted by Crippen LogP contribution is 2.12. The quantitative estimate of drug-likeness (QED) is 0.341. The second kappa shape index (κ2) is 11.6. The van der Waals surface area contributed by atoms with E-state index in [2.05, 4.69) is 31.8 Å². The van der Waals surface area contributed by atoms with E-state index in [0.717, 1.165) is 30.0 Å². The fourth-order valence-corrected chi connectivity index (χ4v) is 3.30. The standard InChI is InChI=1S/C13H19NOS2.C7H8O3S/c1-13(2,16)10-14-8-9-17-12(15)11-6-4-3-5-7-11;1-6-2-4-7(5-3-6)11(8,9)10/h3-7,14,16H,8-10H2,1-2H3;2-5H,1H3,(H,8,9,10). The Bertz CT molecular complexity index is 830. The summed E-state index contributed by atoms with van der Waals surface area (Å²) < 4.78 is 29.5. The van der Waals surface area contributed by atoms with Gasteiger partial charge in [-0.25, -0.2) is 0 Å². The van der Waals surface area contributed by atoms with Crippen LogP contribution in [0.3, 0.4) is 0 Å². The second-order valence-electron chi connectivity index (χ2n) is 6.78. The molecule has 0 atom stereocenters. The molecule has 0 bridgehead atoms. The fraction of sp³-hybridized carbons (Fsp3) is 0.350. The van der Waals surface area contributed by atoms with E-state index < -0.39 is 10.1 Å². The van der Waals surface area contributed by atoms with Crippen molar-refractivity contribution in [3.63, 3.8) is 0 Å². The first-order chi connectivity index (χ1) is 13.0. The average Bonchev–Trinajstić information content (AvgIpc) is 2.61. The summed E-state index contributed by atoms with van der Waals surface area (Å²) in [6.45, 7) is 7.63. The fourth-order valence-electron chi connectivity index (χ4n) is 1.98. The number of thioether (sulfide) groups is 1. The maximum atomic E-state index is 11.7. The lowest BCUT2D eigenvalue weighted by molar-refractivity contribution is 0.108. The van der Waals surface area contributed by atoms with E-state index in [-0.39, 0.29) is 14.8 Å². The van der Waals surface area contributed by atoms with Gasteiger partial charge in [0.2, 0.25) is 5.12 Å². The molecule has 0 fully saturated rings. The Morgan fingerprint density at radius 3 is 2.18 bits per heavy atom. The molecule has 2 rings (SSSR count). The molecule has 0 spiro atoms. The van der Waals surface area contributed by atoms with Gasteiger partial charge in [-0.1, -0.05) is 59.8 Å². The maximum Gasteiger partial charge on any atom is 0.294 e. The van der Waals surface area contributed by atoms with Gasteiger partial charge in [-0.3, -0.25) is 9.35 Å². The van der Waals surface area contributed by atoms with Crippen LogP contribution in [0.2, 0.25) is 0 Å². The molecule has 8 heteroatoms. The van der Waals surface area contributed by atoms with Crippen LogP contribution in [0.1, 0.15) is 29.8 Å². The lowest BCUT2D eigenvalue weighted by Crippen LogP contribution is -2.31. The largest absolute Gasteiger partial charge is 0.315 e. The van der Waals surface area contributed by atoms with Crippen molar-refractivity contribution >= 4 is 39.6 Å². The molecule has 0 radical (unpaired) electrons. The van der Waals surface area contributed by atoms with Crippen LogP contribution in [0.15, 0.2) is 59.5 Å². The van der Waals surface area contributed by atoms with Gasteiger partial charge in [-0.05, 0) is 32.9 Å². The Balaban J connectivity index is 0.000000307. The van der Waals surface area contributed by atoms with Crippen molar-refractivity contribution in [1.29, 1.82) is 0 Å². The van der Waals surface area contributed by atoms with E-state index in [9.17, 15) is 13.2 Å². The van der Waals surface area contributed by atoms with Gasteiger partial charge in [0.05, 0.1) is 4.90 Å². The minimum absolute atomic E-state index is 0.00585. The van der Waals surface area contributed by atoms with Crippen molar-refractivity contribution in [3.05, 3.63) is 65.7 Å². The first-order valence-corrected chi connectivity index (χ1v) is 11.6. The molecule has 0 aromatic heterocycles. The highest BCUT2D eigenvalue weighted by Gasteiger charge is 2.10. The van der Waals surface area contributed by atoms with E-state index in [1.807, 2.05) is 37.3 Å². The smallest absolute Gasteiger partial charge is 0.294 e. The van der Waals surface area contributed by atoms with Gasteiger partial charge in [-0.2, -0.15) is 21.0 Å². The predicted molar refractivity (Wildman–Crippen MR) is 120 cm³/mol. The molecule has 0 amide bonds. The van der Waals surface area contributed by atoms with Gasteiger partial charge in [-0.15, -0.1) is 0 Å². The molecule has 0 saturated carbocycles. The van der Waals surface area contributed by atoms with Crippen LogP contribution < -0.4 is 5.32 Å². The first kappa shape index (κ1) is 24.7. The molecule has 2 aromatic carbocycles. The molecule has 5 nitrogen and oxygen atoms in total. The van der Waals surface area contributed by atoms with E-state index in [4.69, 9.17) is 4.55 Å². The normalized spacial score (nSPS) is 11.5. The second-order valence-corrected chi connectivity index (χ2v) is 10.5. The summed E-state index contributed by atoms with van der Waals surface area (Å²) in [6.07, 6.45) is 0. The van der Waals surface area contributed by atoms with Gasteiger partial charge in [0.25, 0.3) is 10.1 Å². The number of hydrogen-bond acceptors (Lipinski definition) is 6. The van der Waals surface area contributed by atoms with Crippen LogP contribution in [0.25, 0.3) is 0 Å². The summed E-state index contributed by atoms with van der Waals surface area (Å²) in [5.41, 5.74) is 1.73. The van der Waals surface area contributed by atoms with Crippen LogP contribution in [-0.2, 0) is 10.1 Å². The van der Waals surface area contributed by atoms with E-state index in [0.29, 0.717) is 0 Å². The molecule has 154 valence electrons. The number of nitrogens with one attached hydrogen (secondary N) is 1. The zero-order valence-corrected chi connectivity index (χ0v) is 18.8. The third-order valence-corrected chi connectivity index (χ3v) is 5.33. The number of thiol groups is 1. The van der Waals surface area contributed by atoms with Crippen LogP contribution in [0, 0.1) is 6.92 Å². The van der Waals surface area contributed by atoms with Crippen LogP contribution >= 0.6 is 24.4 Å². The number of hydrogen-bond donors (Lipinski definition) is 3. The minimum atomic E-state index is -4.02.